The van der Waals surface area contributed by atoms with Gasteiger partial charge in [-0.05, 0) is 23.1 Å². The highest BCUT2D eigenvalue weighted by Crippen LogP contribution is 2.28. The van der Waals surface area contributed by atoms with Gasteiger partial charge >= 0.3 is 0 Å². The SMILES string of the molecule is CCc1nn(C)c(CC(O)c2ccc3c(c2)COC3)c1Cl. The van der Waals surface area contributed by atoms with Crippen molar-refractivity contribution in [2.45, 2.75) is 39.1 Å². The maximum atomic E-state index is 10.5. The summed E-state index contributed by atoms with van der Waals surface area (Å²) in [6.45, 7) is 3.32. The molecule has 0 amide bonds. The zero-order valence-electron chi connectivity index (χ0n) is 12.3. The molecule has 4 nitrogen and oxygen atoms in total. The summed E-state index contributed by atoms with van der Waals surface area (Å²) in [6.07, 6.45) is 0.662. The average Bonchev–Trinajstić information content (AvgIpc) is 3.05. The molecule has 0 radical (unpaired) electrons. The lowest BCUT2D eigenvalue weighted by molar-refractivity contribution is 0.134. The van der Waals surface area contributed by atoms with Gasteiger partial charge in [0.15, 0.2) is 0 Å². The van der Waals surface area contributed by atoms with E-state index in [1.54, 1.807) is 4.68 Å². The average molecular weight is 307 g/mol. The van der Waals surface area contributed by atoms with Crippen molar-refractivity contribution in [3.05, 3.63) is 51.3 Å². The second-order valence-corrected chi connectivity index (χ2v) is 5.80. The number of aliphatic hydroxyl groups excluding tert-OH is 1. The molecule has 0 saturated heterocycles. The minimum atomic E-state index is -0.589. The Morgan fingerprint density at radius 1 is 1.38 bits per heavy atom. The fraction of sp³-hybridized carbons (Fsp3) is 0.438. The summed E-state index contributed by atoms with van der Waals surface area (Å²) in [4.78, 5) is 0. The molecule has 0 bridgehead atoms. The number of benzene rings is 1. The maximum absolute atomic E-state index is 10.5. The molecule has 0 saturated carbocycles. The van der Waals surface area contributed by atoms with E-state index in [1.165, 1.54) is 5.56 Å². The third-order valence-electron chi connectivity index (χ3n) is 4.02. The normalized spacial score (nSPS) is 15.2. The smallest absolute Gasteiger partial charge is 0.0850 e. The Bertz CT molecular complexity index is 667. The van der Waals surface area contributed by atoms with Gasteiger partial charge in [-0.3, -0.25) is 4.68 Å². The van der Waals surface area contributed by atoms with Gasteiger partial charge in [0.2, 0.25) is 0 Å². The van der Waals surface area contributed by atoms with Gasteiger partial charge in [0.1, 0.15) is 0 Å². The summed E-state index contributed by atoms with van der Waals surface area (Å²) in [5.41, 5.74) is 5.02. The lowest BCUT2D eigenvalue weighted by Gasteiger charge is -2.13. The van der Waals surface area contributed by atoms with Crippen molar-refractivity contribution in [2.75, 3.05) is 0 Å². The van der Waals surface area contributed by atoms with Crippen LogP contribution in [0.2, 0.25) is 5.02 Å². The summed E-state index contributed by atoms with van der Waals surface area (Å²) in [5.74, 6) is 0. The van der Waals surface area contributed by atoms with Gasteiger partial charge in [0, 0.05) is 13.5 Å². The highest BCUT2D eigenvalue weighted by molar-refractivity contribution is 6.31. The first kappa shape index (κ1) is 14.6. The first-order chi connectivity index (χ1) is 10.1. The highest BCUT2D eigenvalue weighted by atomic mass is 35.5. The van der Waals surface area contributed by atoms with Crippen LogP contribution in [0.1, 0.15) is 41.1 Å². The largest absolute Gasteiger partial charge is 0.388 e. The summed E-state index contributed by atoms with van der Waals surface area (Å²) < 4.78 is 7.17. The van der Waals surface area contributed by atoms with Gasteiger partial charge in [-0.2, -0.15) is 5.10 Å². The van der Waals surface area contributed by atoms with Gasteiger partial charge in [-0.25, -0.2) is 0 Å². The van der Waals surface area contributed by atoms with Crippen molar-refractivity contribution in [2.24, 2.45) is 7.05 Å². The van der Waals surface area contributed by atoms with Crippen LogP contribution >= 0.6 is 11.6 Å². The van der Waals surface area contributed by atoms with Crippen LogP contribution in [0, 0.1) is 0 Å². The lowest BCUT2D eigenvalue weighted by Crippen LogP contribution is -2.07. The molecule has 2 heterocycles. The van der Waals surface area contributed by atoms with E-state index in [9.17, 15) is 5.11 Å². The Morgan fingerprint density at radius 3 is 2.86 bits per heavy atom. The van der Waals surface area contributed by atoms with E-state index in [0.717, 1.165) is 28.9 Å². The minimum absolute atomic E-state index is 0.460. The van der Waals surface area contributed by atoms with Crippen LogP contribution in [-0.2, 0) is 37.8 Å². The van der Waals surface area contributed by atoms with Crippen LogP contribution in [-0.4, -0.2) is 14.9 Å². The molecule has 21 heavy (non-hydrogen) atoms. The van der Waals surface area contributed by atoms with Crippen molar-refractivity contribution in [3.8, 4) is 0 Å². The van der Waals surface area contributed by atoms with Crippen molar-refractivity contribution in [1.29, 1.82) is 0 Å². The van der Waals surface area contributed by atoms with Gasteiger partial charge in [-0.15, -0.1) is 0 Å². The predicted molar refractivity (Wildman–Crippen MR) is 81.2 cm³/mol. The molecule has 3 rings (SSSR count). The second-order valence-electron chi connectivity index (χ2n) is 5.43. The van der Waals surface area contributed by atoms with Crippen LogP contribution < -0.4 is 0 Å². The Hall–Kier alpha value is -1.36. The first-order valence-electron chi connectivity index (χ1n) is 7.18. The standard InChI is InChI=1S/C16H19ClN2O2/c1-3-13-16(17)14(19(2)18-13)7-15(20)10-4-5-11-8-21-9-12(11)6-10/h4-6,15,20H,3,7-9H2,1-2H3. The Kier molecular flexibility index (Phi) is 4.02. The number of hydrogen-bond acceptors (Lipinski definition) is 3. The van der Waals surface area contributed by atoms with Crippen LogP contribution in [0.25, 0.3) is 0 Å². The predicted octanol–water partition coefficient (Wildman–Crippen LogP) is 2.94. The molecule has 1 aromatic carbocycles. The molecule has 1 N–H and O–H groups in total. The van der Waals surface area contributed by atoms with Crippen LogP contribution in [0.5, 0.6) is 0 Å². The van der Waals surface area contributed by atoms with E-state index in [2.05, 4.69) is 5.10 Å². The number of fused-ring (bicyclic) bond motifs is 1. The van der Waals surface area contributed by atoms with E-state index in [4.69, 9.17) is 16.3 Å². The Morgan fingerprint density at radius 2 is 2.14 bits per heavy atom. The summed E-state index contributed by atoms with van der Waals surface area (Å²) in [7, 11) is 1.86. The molecule has 0 aliphatic carbocycles. The number of aryl methyl sites for hydroxylation is 2. The van der Waals surface area contributed by atoms with E-state index in [0.29, 0.717) is 24.7 Å². The number of nitrogens with zero attached hydrogens (tertiary/aromatic N) is 2. The number of halogens is 1. The molecule has 0 fully saturated rings. The van der Waals surface area contributed by atoms with Crippen LogP contribution in [0.15, 0.2) is 18.2 Å². The maximum Gasteiger partial charge on any atom is 0.0850 e. The number of ether oxygens (including phenoxy) is 1. The summed E-state index contributed by atoms with van der Waals surface area (Å²) in [6, 6.07) is 6.02. The fourth-order valence-electron chi connectivity index (χ4n) is 2.74. The lowest BCUT2D eigenvalue weighted by atomic mass is 10.00. The summed E-state index contributed by atoms with van der Waals surface area (Å²) >= 11 is 6.34. The molecule has 2 aromatic rings. The topological polar surface area (TPSA) is 47.3 Å². The van der Waals surface area contributed by atoms with Gasteiger partial charge in [0.25, 0.3) is 0 Å². The van der Waals surface area contributed by atoms with Crippen molar-refractivity contribution in [1.82, 2.24) is 9.78 Å². The van der Waals surface area contributed by atoms with Crippen molar-refractivity contribution >= 4 is 11.6 Å². The van der Waals surface area contributed by atoms with Gasteiger partial charge < -0.3 is 9.84 Å². The molecular formula is C16H19ClN2O2. The zero-order chi connectivity index (χ0) is 15.0. The van der Waals surface area contributed by atoms with E-state index in [-0.39, 0.29) is 0 Å². The number of rotatable bonds is 4. The van der Waals surface area contributed by atoms with Crippen LogP contribution in [0.3, 0.4) is 0 Å². The summed E-state index contributed by atoms with van der Waals surface area (Å²) in [5, 5.41) is 15.6. The van der Waals surface area contributed by atoms with Gasteiger partial charge in [-0.1, -0.05) is 36.7 Å². The minimum Gasteiger partial charge on any atom is -0.388 e. The first-order valence-corrected chi connectivity index (χ1v) is 7.55. The number of hydrogen-bond donors (Lipinski definition) is 1. The number of aliphatic hydroxyl groups is 1. The van der Waals surface area contributed by atoms with E-state index >= 15 is 0 Å². The fourth-order valence-corrected chi connectivity index (χ4v) is 3.11. The Balaban J connectivity index is 1.83. The quantitative estimate of drug-likeness (QED) is 0.944. The molecule has 1 atom stereocenters. The highest BCUT2D eigenvalue weighted by Gasteiger charge is 2.19. The third kappa shape index (κ3) is 2.71. The molecule has 1 aliphatic rings. The van der Waals surface area contributed by atoms with Crippen molar-refractivity contribution < 1.29 is 9.84 Å². The molecule has 5 heteroatoms. The van der Waals surface area contributed by atoms with E-state index in [1.807, 2.05) is 32.2 Å². The van der Waals surface area contributed by atoms with Crippen LogP contribution in [0.4, 0.5) is 0 Å². The molecule has 1 aliphatic heterocycles. The monoisotopic (exact) mass is 306 g/mol. The molecule has 1 aromatic heterocycles. The Labute approximate surface area is 129 Å². The zero-order valence-corrected chi connectivity index (χ0v) is 13.0. The molecule has 112 valence electrons. The molecule has 1 unspecified atom stereocenters. The third-order valence-corrected chi connectivity index (χ3v) is 4.46. The number of aromatic nitrogens is 2. The molecular weight excluding hydrogens is 288 g/mol. The van der Waals surface area contributed by atoms with Gasteiger partial charge in [0.05, 0.1) is 35.7 Å². The van der Waals surface area contributed by atoms with Crippen molar-refractivity contribution in [3.63, 3.8) is 0 Å². The van der Waals surface area contributed by atoms with E-state index < -0.39 is 6.10 Å². The second kappa shape index (κ2) is 5.79. The molecule has 0 spiro atoms.